The first-order valence-corrected chi connectivity index (χ1v) is 10.9. The molecule has 2 heterocycles. The summed E-state index contributed by atoms with van der Waals surface area (Å²) in [4.78, 5) is 22.9. The van der Waals surface area contributed by atoms with Crippen molar-refractivity contribution in [3.63, 3.8) is 0 Å². The van der Waals surface area contributed by atoms with Crippen molar-refractivity contribution in [1.82, 2.24) is 9.97 Å². The topological polar surface area (TPSA) is 73.4 Å². The molecule has 1 aliphatic carbocycles. The van der Waals surface area contributed by atoms with E-state index >= 15 is 0 Å². The second kappa shape index (κ2) is 7.61. The Morgan fingerprint density at radius 1 is 1.10 bits per heavy atom. The third-order valence-corrected chi connectivity index (χ3v) is 7.23. The van der Waals surface area contributed by atoms with Crippen LogP contribution in [0.4, 0.5) is 0 Å². The van der Waals surface area contributed by atoms with Gasteiger partial charge in [-0.2, -0.15) is 0 Å². The molecular weight excluding hydrogens is 400 g/mol. The van der Waals surface area contributed by atoms with Gasteiger partial charge in [0, 0.05) is 10.4 Å². The van der Waals surface area contributed by atoms with Crippen molar-refractivity contribution in [2.24, 2.45) is 11.3 Å². The Bertz CT molecular complexity index is 1130. The summed E-state index contributed by atoms with van der Waals surface area (Å²) in [5.41, 5.74) is 2.06. The second-order valence-corrected chi connectivity index (χ2v) is 9.90. The summed E-state index contributed by atoms with van der Waals surface area (Å²) in [6.45, 7) is 6.89. The third kappa shape index (κ3) is 3.45. The van der Waals surface area contributed by atoms with Crippen LogP contribution in [0.1, 0.15) is 37.6 Å². The molecule has 1 N–H and O–H groups in total. The van der Waals surface area contributed by atoms with Crippen LogP contribution in [-0.4, -0.2) is 31.3 Å². The molecule has 2 aromatic heterocycles. The zero-order chi connectivity index (χ0) is 21.6. The fourth-order valence-corrected chi connectivity index (χ4v) is 5.58. The minimum Gasteiger partial charge on any atom is -0.493 e. The molecule has 4 rings (SSSR count). The number of hydrogen-bond acceptors (Lipinski definition) is 6. The Balaban J connectivity index is 1.83. The van der Waals surface area contributed by atoms with Gasteiger partial charge in [0.15, 0.2) is 11.5 Å². The molecule has 0 amide bonds. The summed E-state index contributed by atoms with van der Waals surface area (Å²) >= 11 is 1.65. The van der Waals surface area contributed by atoms with Crippen LogP contribution in [0.2, 0.25) is 0 Å². The van der Waals surface area contributed by atoms with E-state index in [1.54, 1.807) is 44.8 Å². The van der Waals surface area contributed by atoms with E-state index in [9.17, 15) is 4.79 Å². The maximum atomic E-state index is 13.0. The van der Waals surface area contributed by atoms with Crippen LogP contribution >= 0.6 is 11.3 Å². The van der Waals surface area contributed by atoms with Crippen molar-refractivity contribution in [3.05, 3.63) is 32.9 Å². The predicted molar refractivity (Wildman–Crippen MR) is 120 cm³/mol. The molecule has 0 unspecified atom stereocenters. The van der Waals surface area contributed by atoms with Crippen molar-refractivity contribution in [3.8, 4) is 28.6 Å². The standard InChI is InChI=1S/C23H28N2O4S/c1-23(2,3)13-7-8-14-17(11-13)30-22-18(14)21(26)24-20(25-22)12-9-15(27-4)19(29-6)16(10-12)28-5/h9-10,13H,7-8,11H2,1-6H3,(H,24,25,26)/t13-/m1/s1. The first-order chi connectivity index (χ1) is 14.3. The monoisotopic (exact) mass is 428 g/mol. The van der Waals surface area contributed by atoms with Crippen LogP contribution < -0.4 is 19.8 Å². The van der Waals surface area contributed by atoms with Gasteiger partial charge in [0.05, 0.1) is 26.7 Å². The third-order valence-electron chi connectivity index (χ3n) is 6.08. The molecule has 30 heavy (non-hydrogen) atoms. The number of aryl methyl sites for hydroxylation is 1. The number of H-pyrrole nitrogens is 1. The second-order valence-electron chi connectivity index (χ2n) is 8.82. The fourth-order valence-electron chi connectivity index (χ4n) is 4.28. The average Bonchev–Trinajstić information content (AvgIpc) is 3.09. The number of benzene rings is 1. The van der Waals surface area contributed by atoms with Gasteiger partial charge in [-0.05, 0) is 48.3 Å². The number of nitrogens with zero attached hydrogens (tertiary/aromatic N) is 1. The Morgan fingerprint density at radius 2 is 1.77 bits per heavy atom. The van der Waals surface area contributed by atoms with E-state index in [0.717, 1.165) is 29.5 Å². The summed E-state index contributed by atoms with van der Waals surface area (Å²) in [5.74, 6) is 2.66. The fraction of sp³-hybridized carbons (Fsp3) is 0.478. The van der Waals surface area contributed by atoms with Crippen LogP contribution in [0.3, 0.4) is 0 Å². The number of hydrogen-bond donors (Lipinski definition) is 1. The van der Waals surface area contributed by atoms with E-state index in [1.807, 2.05) is 0 Å². The number of nitrogens with one attached hydrogen (secondary N) is 1. The Hall–Kier alpha value is -2.54. The number of rotatable bonds is 4. The number of fused-ring (bicyclic) bond motifs is 3. The van der Waals surface area contributed by atoms with Crippen molar-refractivity contribution >= 4 is 21.6 Å². The smallest absolute Gasteiger partial charge is 0.260 e. The zero-order valence-corrected chi connectivity index (χ0v) is 19.2. The van der Waals surface area contributed by atoms with Crippen LogP contribution in [0.15, 0.2) is 16.9 Å². The lowest BCUT2D eigenvalue weighted by Crippen LogP contribution is -2.26. The SMILES string of the molecule is COc1cc(-c2nc3sc4c(c3c(=O)[nH]2)CC[C@@H](C(C)(C)C)C4)cc(OC)c1OC. The molecule has 0 radical (unpaired) electrons. The molecule has 3 aromatic rings. The van der Waals surface area contributed by atoms with E-state index in [0.29, 0.717) is 34.6 Å². The quantitative estimate of drug-likeness (QED) is 0.644. The number of aromatic nitrogens is 2. The predicted octanol–water partition coefficient (Wildman–Crippen LogP) is 4.83. The van der Waals surface area contributed by atoms with Gasteiger partial charge in [0.25, 0.3) is 5.56 Å². The van der Waals surface area contributed by atoms with Gasteiger partial charge in [-0.25, -0.2) is 4.98 Å². The Labute approximate surface area is 180 Å². The lowest BCUT2D eigenvalue weighted by atomic mass is 9.72. The van der Waals surface area contributed by atoms with Gasteiger partial charge in [0.1, 0.15) is 10.7 Å². The van der Waals surface area contributed by atoms with Gasteiger partial charge in [0.2, 0.25) is 5.75 Å². The lowest BCUT2D eigenvalue weighted by Gasteiger charge is -2.33. The summed E-state index contributed by atoms with van der Waals surface area (Å²) in [5, 5.41) is 0.749. The van der Waals surface area contributed by atoms with Gasteiger partial charge in [-0.15, -0.1) is 11.3 Å². The van der Waals surface area contributed by atoms with E-state index in [2.05, 4.69) is 25.8 Å². The summed E-state index contributed by atoms with van der Waals surface area (Å²) in [6.07, 6.45) is 3.06. The van der Waals surface area contributed by atoms with Crippen molar-refractivity contribution in [2.45, 2.75) is 40.0 Å². The maximum Gasteiger partial charge on any atom is 0.260 e. The molecule has 0 spiro atoms. The van der Waals surface area contributed by atoms with E-state index in [4.69, 9.17) is 19.2 Å². The maximum absolute atomic E-state index is 13.0. The average molecular weight is 429 g/mol. The normalized spacial score (nSPS) is 16.4. The highest BCUT2D eigenvalue weighted by Crippen LogP contribution is 2.43. The zero-order valence-electron chi connectivity index (χ0n) is 18.3. The Morgan fingerprint density at radius 3 is 2.33 bits per heavy atom. The van der Waals surface area contributed by atoms with Crippen LogP contribution in [-0.2, 0) is 12.8 Å². The summed E-state index contributed by atoms with van der Waals surface area (Å²) in [7, 11) is 4.70. The van der Waals surface area contributed by atoms with Crippen molar-refractivity contribution in [1.29, 1.82) is 0 Å². The molecule has 1 aliphatic rings. The largest absolute Gasteiger partial charge is 0.493 e. The molecule has 1 aromatic carbocycles. The highest BCUT2D eigenvalue weighted by molar-refractivity contribution is 7.18. The van der Waals surface area contributed by atoms with Gasteiger partial charge in [-0.1, -0.05) is 20.8 Å². The number of aromatic amines is 1. The van der Waals surface area contributed by atoms with Crippen LogP contribution in [0.25, 0.3) is 21.6 Å². The molecule has 160 valence electrons. The number of thiophene rings is 1. The van der Waals surface area contributed by atoms with Gasteiger partial charge < -0.3 is 19.2 Å². The Kier molecular flexibility index (Phi) is 5.26. The van der Waals surface area contributed by atoms with E-state index in [-0.39, 0.29) is 11.0 Å². The molecule has 0 saturated carbocycles. The summed E-state index contributed by atoms with van der Waals surface area (Å²) < 4.78 is 16.3. The van der Waals surface area contributed by atoms with Crippen LogP contribution in [0, 0.1) is 11.3 Å². The van der Waals surface area contributed by atoms with Crippen molar-refractivity contribution < 1.29 is 14.2 Å². The minimum absolute atomic E-state index is 0.0875. The van der Waals surface area contributed by atoms with Gasteiger partial charge in [-0.3, -0.25) is 4.79 Å². The molecule has 7 heteroatoms. The molecule has 0 bridgehead atoms. The minimum atomic E-state index is -0.0875. The first kappa shape index (κ1) is 20.7. The molecule has 0 aliphatic heterocycles. The molecular formula is C23H28N2O4S. The molecule has 1 atom stereocenters. The highest BCUT2D eigenvalue weighted by atomic mass is 32.1. The van der Waals surface area contributed by atoms with Crippen LogP contribution in [0.5, 0.6) is 17.2 Å². The highest BCUT2D eigenvalue weighted by Gasteiger charge is 2.31. The van der Waals surface area contributed by atoms with Crippen molar-refractivity contribution in [2.75, 3.05) is 21.3 Å². The van der Waals surface area contributed by atoms with Gasteiger partial charge >= 0.3 is 0 Å². The molecule has 6 nitrogen and oxygen atoms in total. The number of methoxy groups -OCH3 is 3. The summed E-state index contributed by atoms with van der Waals surface area (Å²) in [6, 6.07) is 3.60. The molecule has 0 fully saturated rings. The molecule has 0 saturated heterocycles. The first-order valence-electron chi connectivity index (χ1n) is 10.1. The lowest BCUT2D eigenvalue weighted by molar-refractivity contribution is 0.218. The van der Waals surface area contributed by atoms with E-state index < -0.39 is 0 Å². The number of ether oxygens (including phenoxy) is 3. The van der Waals surface area contributed by atoms with E-state index in [1.165, 1.54) is 10.4 Å².